The first-order valence-electron chi connectivity index (χ1n) is 13.3. The van der Waals surface area contributed by atoms with Crippen LogP contribution < -0.4 is 9.47 Å². The van der Waals surface area contributed by atoms with Crippen LogP contribution in [0.2, 0.25) is 0 Å². The van der Waals surface area contributed by atoms with Crippen LogP contribution in [0.4, 0.5) is 0 Å². The van der Waals surface area contributed by atoms with Gasteiger partial charge in [0.1, 0.15) is 12.4 Å². The van der Waals surface area contributed by atoms with Gasteiger partial charge in [0.25, 0.3) is 0 Å². The minimum absolute atomic E-state index is 0.363. The summed E-state index contributed by atoms with van der Waals surface area (Å²) in [5.41, 5.74) is 5.64. The molecular formula is C33H31NO5S. The predicted molar refractivity (Wildman–Crippen MR) is 159 cm³/mol. The quantitative estimate of drug-likeness (QED) is 0.175. The number of aryl methyl sites for hydroxylation is 1. The summed E-state index contributed by atoms with van der Waals surface area (Å²) in [4.78, 5) is 15.4. The molecular weight excluding hydrogens is 522 g/mol. The summed E-state index contributed by atoms with van der Waals surface area (Å²) in [5, 5.41) is 12.5. The van der Waals surface area contributed by atoms with Crippen molar-refractivity contribution in [2.75, 3.05) is 19.8 Å². The van der Waals surface area contributed by atoms with E-state index in [2.05, 4.69) is 65.5 Å². The zero-order valence-electron chi connectivity index (χ0n) is 22.6. The number of thiophene rings is 1. The molecule has 0 bridgehead atoms. The molecule has 0 spiro atoms. The van der Waals surface area contributed by atoms with E-state index in [0.29, 0.717) is 29.5 Å². The van der Waals surface area contributed by atoms with Gasteiger partial charge in [-0.3, -0.25) is 0 Å². The van der Waals surface area contributed by atoms with Crippen LogP contribution in [0, 0.1) is 24.7 Å². The van der Waals surface area contributed by atoms with Crippen LogP contribution in [0.15, 0.2) is 66.2 Å². The monoisotopic (exact) mass is 553 g/mol. The van der Waals surface area contributed by atoms with Crippen LogP contribution >= 0.6 is 11.3 Å². The lowest BCUT2D eigenvalue weighted by Crippen LogP contribution is -2.21. The number of rotatable bonds is 9. The predicted octanol–water partition coefficient (Wildman–Crippen LogP) is 7.15. The number of hydrogen-bond donors (Lipinski definition) is 1. The van der Waals surface area contributed by atoms with E-state index in [4.69, 9.17) is 19.3 Å². The van der Waals surface area contributed by atoms with Gasteiger partial charge in [-0.05, 0) is 85.0 Å². The molecule has 2 aromatic carbocycles. The maximum absolute atomic E-state index is 11.1. The molecule has 1 N–H and O–H groups in total. The van der Waals surface area contributed by atoms with Crippen molar-refractivity contribution >= 4 is 33.0 Å². The molecule has 5 rings (SSSR count). The van der Waals surface area contributed by atoms with E-state index in [0.717, 1.165) is 50.1 Å². The van der Waals surface area contributed by atoms with Gasteiger partial charge in [-0.1, -0.05) is 18.1 Å². The van der Waals surface area contributed by atoms with E-state index < -0.39 is 5.97 Å². The second-order valence-electron chi connectivity index (χ2n) is 9.77. The van der Waals surface area contributed by atoms with Crippen LogP contribution in [0.5, 0.6) is 11.6 Å². The molecule has 204 valence electrons. The number of carbonyl (C=O) groups is 1. The van der Waals surface area contributed by atoms with Crippen LogP contribution in [0.1, 0.15) is 36.5 Å². The Labute approximate surface area is 238 Å². The number of nitrogens with zero attached hydrogens (tertiary/aromatic N) is 1. The number of allylic oxidation sites excluding steroid dienone is 1. The Hall–Kier alpha value is -4.12. The number of fused-ring (bicyclic) bond motifs is 1. The molecule has 2 aromatic heterocycles. The van der Waals surface area contributed by atoms with Gasteiger partial charge in [-0.15, -0.1) is 17.3 Å². The maximum Gasteiger partial charge on any atom is 0.329 e. The second kappa shape index (κ2) is 12.8. The summed E-state index contributed by atoms with van der Waals surface area (Å²) in [6.45, 7) is 6.55. The average molecular weight is 554 g/mol. The molecule has 0 saturated carbocycles. The normalized spacial score (nSPS) is 14.0. The highest BCUT2D eigenvalue weighted by Gasteiger charge is 2.15. The fraction of sp³-hybridized carbons (Fsp3) is 0.273. The Morgan fingerprint density at radius 1 is 1.12 bits per heavy atom. The van der Waals surface area contributed by atoms with Crippen molar-refractivity contribution < 1.29 is 24.1 Å². The van der Waals surface area contributed by atoms with Gasteiger partial charge in [0.2, 0.25) is 5.88 Å². The van der Waals surface area contributed by atoms with E-state index in [1.165, 1.54) is 26.8 Å². The van der Waals surface area contributed by atoms with Crippen molar-refractivity contribution in [1.29, 1.82) is 0 Å². The van der Waals surface area contributed by atoms with Gasteiger partial charge >= 0.3 is 5.97 Å². The minimum atomic E-state index is -1.05. The molecule has 7 heteroatoms. The largest absolute Gasteiger partial charge is 0.493 e. The fourth-order valence-electron chi connectivity index (χ4n) is 4.76. The number of pyridine rings is 1. The summed E-state index contributed by atoms with van der Waals surface area (Å²) in [7, 11) is 0. The third-order valence-corrected chi connectivity index (χ3v) is 7.88. The van der Waals surface area contributed by atoms with Crippen molar-refractivity contribution in [2.45, 2.75) is 33.3 Å². The summed E-state index contributed by atoms with van der Waals surface area (Å²) in [6, 6.07) is 16.2. The molecule has 1 aliphatic rings. The second-order valence-corrected chi connectivity index (χ2v) is 10.7. The smallest absolute Gasteiger partial charge is 0.329 e. The molecule has 1 fully saturated rings. The first-order valence-corrected chi connectivity index (χ1v) is 14.2. The molecule has 0 amide bonds. The first-order chi connectivity index (χ1) is 19.5. The molecule has 0 atom stereocenters. The van der Waals surface area contributed by atoms with Crippen LogP contribution in [0.3, 0.4) is 0 Å². The molecule has 1 saturated heterocycles. The molecule has 0 aliphatic carbocycles. The minimum Gasteiger partial charge on any atom is -0.493 e. The van der Waals surface area contributed by atoms with Crippen molar-refractivity contribution in [3.63, 3.8) is 0 Å². The van der Waals surface area contributed by atoms with Gasteiger partial charge in [-0.25, -0.2) is 9.78 Å². The first kappa shape index (κ1) is 27.4. The molecule has 0 radical (unpaired) electrons. The van der Waals surface area contributed by atoms with E-state index in [1.54, 1.807) is 36.6 Å². The Balaban J connectivity index is 1.28. The molecule has 3 heterocycles. The van der Waals surface area contributed by atoms with E-state index in [9.17, 15) is 4.79 Å². The maximum atomic E-state index is 11.1. The number of aromatic nitrogens is 1. The lowest BCUT2D eigenvalue weighted by atomic mass is 9.98. The van der Waals surface area contributed by atoms with Crippen LogP contribution in [0.25, 0.3) is 26.8 Å². The highest BCUT2D eigenvalue weighted by Crippen LogP contribution is 2.37. The third kappa shape index (κ3) is 6.71. The Kier molecular flexibility index (Phi) is 8.80. The lowest BCUT2D eigenvalue weighted by molar-refractivity contribution is -0.131. The van der Waals surface area contributed by atoms with Gasteiger partial charge < -0.3 is 19.3 Å². The molecule has 6 nitrogen and oxygen atoms in total. The number of benzene rings is 2. The van der Waals surface area contributed by atoms with Crippen molar-refractivity contribution in [3.8, 4) is 34.6 Å². The van der Waals surface area contributed by atoms with E-state index >= 15 is 0 Å². The molecule has 0 unspecified atom stereocenters. The number of ether oxygens (including phenoxy) is 3. The summed E-state index contributed by atoms with van der Waals surface area (Å²) in [6.07, 6.45) is 4.78. The SMILES string of the molecule is CC#C/C(=C\C(=O)O)c1ccc(OCc2ccc3scc(-c4ccc(OCC5CCOCC5)cc4C)c3c2)nc1. The molecule has 40 heavy (non-hydrogen) atoms. The van der Waals surface area contributed by atoms with Gasteiger partial charge in [0.15, 0.2) is 0 Å². The fourth-order valence-corrected chi connectivity index (χ4v) is 5.70. The van der Waals surface area contributed by atoms with Gasteiger partial charge in [0, 0.05) is 58.3 Å². The summed E-state index contributed by atoms with van der Waals surface area (Å²) in [5.74, 6) is 6.42. The van der Waals surface area contributed by atoms with E-state index in [-0.39, 0.29) is 0 Å². The van der Waals surface area contributed by atoms with Crippen molar-refractivity contribution in [1.82, 2.24) is 4.98 Å². The topological polar surface area (TPSA) is 77.9 Å². The number of carboxylic acids is 1. The number of carboxylic acid groups (broad SMARTS) is 1. The van der Waals surface area contributed by atoms with Crippen LogP contribution in [-0.2, 0) is 16.1 Å². The Morgan fingerprint density at radius 3 is 2.70 bits per heavy atom. The van der Waals surface area contributed by atoms with Crippen molar-refractivity contribution in [3.05, 3.63) is 82.9 Å². The Morgan fingerprint density at radius 2 is 1.98 bits per heavy atom. The zero-order chi connectivity index (χ0) is 27.9. The highest BCUT2D eigenvalue weighted by molar-refractivity contribution is 7.17. The Bertz CT molecular complexity index is 1590. The van der Waals surface area contributed by atoms with Crippen molar-refractivity contribution in [2.24, 2.45) is 5.92 Å². The summed E-state index contributed by atoms with van der Waals surface area (Å²) >= 11 is 1.73. The average Bonchev–Trinajstić information content (AvgIpc) is 3.38. The third-order valence-electron chi connectivity index (χ3n) is 6.91. The van der Waals surface area contributed by atoms with E-state index in [1.807, 2.05) is 0 Å². The van der Waals surface area contributed by atoms with Crippen LogP contribution in [-0.4, -0.2) is 35.9 Å². The zero-order valence-corrected chi connectivity index (χ0v) is 23.4. The molecule has 1 aliphatic heterocycles. The molecule has 4 aromatic rings. The number of hydrogen-bond acceptors (Lipinski definition) is 6. The van der Waals surface area contributed by atoms with Gasteiger partial charge in [0.05, 0.1) is 6.61 Å². The standard InChI is InChI=1S/C33H31NO5S/c1-3-4-25(17-33(35)36)26-6-10-32(34-18-26)39-20-24-5-9-31-29(16-24)30(21-40-31)28-8-7-27(15-22(28)2)38-19-23-11-13-37-14-12-23/h5-10,15-18,21,23H,11-14,19-20H2,1-2H3,(H,35,36)/b25-17+. The van der Waals surface area contributed by atoms with Gasteiger partial charge in [-0.2, -0.15) is 0 Å². The number of aliphatic carboxylic acids is 1. The summed E-state index contributed by atoms with van der Waals surface area (Å²) < 4.78 is 18.7. The highest BCUT2D eigenvalue weighted by atomic mass is 32.1. The lowest BCUT2D eigenvalue weighted by Gasteiger charge is -2.22.